The SMILES string of the molecule is CC1N(C)c2ccc(S(=O)(=O)[O-])cc2C1(C)C.[Na]. The van der Waals surface area contributed by atoms with Gasteiger partial charge in [0, 0.05) is 53.7 Å². The summed E-state index contributed by atoms with van der Waals surface area (Å²) in [5.74, 6) is 0. The number of fused-ring (bicyclic) bond motifs is 1. The molecule has 1 aliphatic rings. The first-order valence-electron chi connectivity index (χ1n) is 5.49. The van der Waals surface area contributed by atoms with E-state index >= 15 is 0 Å². The standard InChI is InChI=1S/C12H17NO3S.Na/c1-8-12(2,3)10-7-9(17(14,15)16)5-6-11(10)13(8)4;/h5-8H,1-4H3,(H,14,15,16);/p-1. The quantitative estimate of drug-likeness (QED) is 0.574. The van der Waals surface area contributed by atoms with Crippen LogP contribution < -0.4 is 4.90 Å². The summed E-state index contributed by atoms with van der Waals surface area (Å²) in [6.07, 6.45) is 0. The van der Waals surface area contributed by atoms with Gasteiger partial charge in [-0.25, -0.2) is 8.42 Å². The molecule has 0 saturated carbocycles. The van der Waals surface area contributed by atoms with Crippen molar-refractivity contribution in [1.29, 1.82) is 0 Å². The Labute approximate surface area is 130 Å². The molecule has 0 aliphatic carbocycles. The van der Waals surface area contributed by atoms with E-state index in [4.69, 9.17) is 0 Å². The van der Waals surface area contributed by atoms with Crippen LogP contribution in [0.5, 0.6) is 0 Å². The Morgan fingerprint density at radius 2 is 1.89 bits per heavy atom. The van der Waals surface area contributed by atoms with Gasteiger partial charge in [0.2, 0.25) is 0 Å². The third-order valence-corrected chi connectivity index (χ3v) is 4.79. The predicted molar refractivity (Wildman–Crippen MR) is 71.1 cm³/mol. The molecule has 1 radical (unpaired) electrons. The molecular weight excluding hydrogens is 261 g/mol. The number of hydrogen-bond donors (Lipinski definition) is 0. The maximum atomic E-state index is 11.0. The van der Waals surface area contributed by atoms with Gasteiger partial charge in [0.15, 0.2) is 0 Å². The first kappa shape index (κ1) is 16.0. The fourth-order valence-electron chi connectivity index (χ4n) is 2.41. The van der Waals surface area contributed by atoms with Crippen LogP contribution in [-0.2, 0) is 15.5 Å². The second-order valence-corrected chi connectivity index (χ2v) is 6.52. The van der Waals surface area contributed by atoms with E-state index in [1.54, 1.807) is 6.07 Å². The molecule has 1 aromatic rings. The van der Waals surface area contributed by atoms with Crippen LogP contribution in [0.3, 0.4) is 0 Å². The normalized spacial score (nSPS) is 21.4. The van der Waals surface area contributed by atoms with Crippen molar-refractivity contribution in [2.75, 3.05) is 11.9 Å². The van der Waals surface area contributed by atoms with Crippen LogP contribution in [0.15, 0.2) is 23.1 Å². The van der Waals surface area contributed by atoms with Gasteiger partial charge in [0.05, 0.1) is 4.90 Å². The second kappa shape index (κ2) is 4.80. The average molecular weight is 277 g/mol. The van der Waals surface area contributed by atoms with E-state index in [1.165, 1.54) is 12.1 Å². The predicted octanol–water partition coefficient (Wildman–Crippen LogP) is 1.33. The molecule has 0 bridgehead atoms. The molecule has 4 nitrogen and oxygen atoms in total. The number of nitrogens with zero attached hydrogens (tertiary/aromatic N) is 1. The first-order chi connectivity index (χ1) is 7.65. The second-order valence-electron chi connectivity index (χ2n) is 5.14. The minimum Gasteiger partial charge on any atom is -0.744 e. The third-order valence-electron chi connectivity index (χ3n) is 3.96. The number of hydrogen-bond acceptors (Lipinski definition) is 4. The van der Waals surface area contributed by atoms with Crippen LogP contribution in [-0.4, -0.2) is 55.6 Å². The number of benzene rings is 1. The number of rotatable bonds is 1. The van der Waals surface area contributed by atoms with E-state index < -0.39 is 10.1 Å². The van der Waals surface area contributed by atoms with Gasteiger partial charge in [-0.3, -0.25) is 0 Å². The molecule has 0 N–H and O–H groups in total. The van der Waals surface area contributed by atoms with Gasteiger partial charge in [-0.1, -0.05) is 13.8 Å². The molecule has 18 heavy (non-hydrogen) atoms. The van der Waals surface area contributed by atoms with Crippen molar-refractivity contribution in [1.82, 2.24) is 0 Å². The van der Waals surface area contributed by atoms with Crippen LogP contribution in [0, 0.1) is 0 Å². The van der Waals surface area contributed by atoms with Crippen molar-refractivity contribution >= 4 is 45.4 Å². The van der Waals surface area contributed by atoms with Crippen molar-refractivity contribution in [2.24, 2.45) is 0 Å². The zero-order valence-corrected chi connectivity index (χ0v) is 14.2. The van der Waals surface area contributed by atoms with Gasteiger partial charge < -0.3 is 9.45 Å². The summed E-state index contributed by atoms with van der Waals surface area (Å²) in [7, 11) is -2.40. The molecule has 95 valence electrons. The summed E-state index contributed by atoms with van der Waals surface area (Å²) in [4.78, 5) is 1.96. The van der Waals surface area contributed by atoms with E-state index in [2.05, 4.69) is 25.7 Å². The zero-order chi connectivity index (χ0) is 13.0. The van der Waals surface area contributed by atoms with E-state index in [-0.39, 0.29) is 45.9 Å². The van der Waals surface area contributed by atoms with Crippen LogP contribution in [0.25, 0.3) is 0 Å². The third kappa shape index (κ3) is 2.34. The molecule has 2 rings (SSSR count). The Balaban J connectivity index is 0.00000162. The average Bonchev–Trinajstić information content (AvgIpc) is 2.39. The van der Waals surface area contributed by atoms with Gasteiger partial charge in [0.1, 0.15) is 10.1 Å². The van der Waals surface area contributed by atoms with E-state index in [1.807, 2.05) is 7.05 Å². The molecule has 1 atom stereocenters. The molecule has 6 heteroatoms. The first-order valence-corrected chi connectivity index (χ1v) is 6.90. The fraction of sp³-hybridized carbons (Fsp3) is 0.500. The van der Waals surface area contributed by atoms with Gasteiger partial charge in [-0.15, -0.1) is 0 Å². The maximum Gasteiger partial charge on any atom is 0.124 e. The Morgan fingerprint density at radius 3 is 2.39 bits per heavy atom. The number of anilines is 1. The molecule has 0 fully saturated rings. The van der Waals surface area contributed by atoms with Crippen LogP contribution in [0.2, 0.25) is 0 Å². The Morgan fingerprint density at radius 1 is 1.33 bits per heavy atom. The summed E-state index contributed by atoms with van der Waals surface area (Å²) in [5.41, 5.74) is 1.75. The van der Waals surface area contributed by atoms with Gasteiger partial charge in [-0.05, 0) is 30.7 Å². The molecule has 0 spiro atoms. The summed E-state index contributed by atoms with van der Waals surface area (Å²) >= 11 is 0. The smallest absolute Gasteiger partial charge is 0.124 e. The summed E-state index contributed by atoms with van der Waals surface area (Å²) in [6.45, 7) is 6.20. The summed E-state index contributed by atoms with van der Waals surface area (Å²) in [6, 6.07) is 4.87. The monoisotopic (exact) mass is 277 g/mol. The molecule has 0 aromatic heterocycles. The van der Waals surface area contributed by atoms with E-state index in [0.29, 0.717) is 0 Å². The molecule has 1 unspecified atom stereocenters. The van der Waals surface area contributed by atoms with Crippen molar-refractivity contribution in [2.45, 2.75) is 37.1 Å². The van der Waals surface area contributed by atoms with Crippen molar-refractivity contribution in [3.8, 4) is 0 Å². The largest absolute Gasteiger partial charge is 0.744 e. The summed E-state index contributed by atoms with van der Waals surface area (Å²) in [5, 5.41) is 0. The summed E-state index contributed by atoms with van der Waals surface area (Å²) < 4.78 is 33.1. The van der Waals surface area contributed by atoms with Crippen molar-refractivity contribution in [3.05, 3.63) is 23.8 Å². The van der Waals surface area contributed by atoms with E-state index in [0.717, 1.165) is 11.3 Å². The van der Waals surface area contributed by atoms with Gasteiger partial charge in [-0.2, -0.15) is 0 Å². The Bertz CT molecular complexity index is 569. The molecule has 1 aliphatic heterocycles. The van der Waals surface area contributed by atoms with E-state index in [9.17, 15) is 13.0 Å². The maximum absolute atomic E-state index is 11.0. The topological polar surface area (TPSA) is 60.4 Å². The molecular formula is C12H16NNaO3S-. The zero-order valence-electron chi connectivity index (χ0n) is 11.4. The molecule has 0 amide bonds. The minimum absolute atomic E-state index is 0. The van der Waals surface area contributed by atoms with Gasteiger partial charge in [0.25, 0.3) is 0 Å². The molecule has 0 saturated heterocycles. The van der Waals surface area contributed by atoms with Crippen LogP contribution in [0.4, 0.5) is 5.69 Å². The fourth-order valence-corrected chi connectivity index (χ4v) is 2.91. The van der Waals surface area contributed by atoms with Crippen LogP contribution in [0.1, 0.15) is 26.3 Å². The molecule has 1 aromatic carbocycles. The Kier molecular flexibility index (Phi) is 4.26. The minimum atomic E-state index is -4.38. The van der Waals surface area contributed by atoms with Crippen molar-refractivity contribution < 1.29 is 13.0 Å². The van der Waals surface area contributed by atoms with Crippen LogP contribution >= 0.6 is 0 Å². The Hall–Kier alpha value is -0.0700. The number of likely N-dealkylation sites (N-methyl/N-ethyl adjacent to an activating group) is 1. The van der Waals surface area contributed by atoms with Gasteiger partial charge >= 0.3 is 0 Å². The molecule has 1 heterocycles. The van der Waals surface area contributed by atoms with Crippen molar-refractivity contribution in [3.63, 3.8) is 0 Å².